The van der Waals surface area contributed by atoms with Gasteiger partial charge in [0.1, 0.15) is 11.6 Å². The first-order valence-electron chi connectivity index (χ1n) is 5.78. The number of carbonyl (C=O) groups excluding carboxylic acids is 1. The van der Waals surface area contributed by atoms with Gasteiger partial charge in [-0.25, -0.2) is 0 Å². The maximum Gasteiger partial charge on any atom is 0.250 e. The highest BCUT2D eigenvalue weighted by Gasteiger charge is 2.49. The van der Waals surface area contributed by atoms with Crippen LogP contribution in [0.1, 0.15) is 25.3 Å². The molecule has 1 heterocycles. The summed E-state index contributed by atoms with van der Waals surface area (Å²) in [6.07, 6.45) is 2.17. The maximum atomic E-state index is 12.1. The number of nitrogens with zero attached hydrogens (tertiary/aromatic N) is 1. The van der Waals surface area contributed by atoms with E-state index in [0.717, 1.165) is 18.5 Å². The Morgan fingerprint density at radius 1 is 1.47 bits per heavy atom. The van der Waals surface area contributed by atoms with Crippen molar-refractivity contribution in [2.45, 2.75) is 25.3 Å². The minimum absolute atomic E-state index is 0.0322. The monoisotopic (exact) mass is 227 g/mol. The van der Waals surface area contributed by atoms with Gasteiger partial charge in [-0.15, -0.1) is 0 Å². The first kappa shape index (κ1) is 10.2. The summed E-state index contributed by atoms with van der Waals surface area (Å²) in [5, 5.41) is 15.2. The average Bonchev–Trinajstić information content (AvgIpc) is 3.14. The molecular formula is C13H13N3O. The zero-order chi connectivity index (χ0) is 12.0. The molecule has 0 spiro atoms. The van der Waals surface area contributed by atoms with Gasteiger partial charge in [0.25, 0.3) is 0 Å². The molecule has 3 rings (SSSR count). The molecule has 0 bridgehead atoms. The average molecular weight is 227 g/mol. The summed E-state index contributed by atoms with van der Waals surface area (Å²) in [5.41, 5.74) is 1.43. The van der Waals surface area contributed by atoms with Gasteiger partial charge in [0.2, 0.25) is 5.91 Å². The van der Waals surface area contributed by atoms with Crippen molar-refractivity contribution >= 4 is 17.3 Å². The Balaban J connectivity index is 2.07. The number of anilines is 2. The van der Waals surface area contributed by atoms with E-state index in [1.807, 2.05) is 19.1 Å². The molecule has 2 N–H and O–H groups in total. The lowest BCUT2D eigenvalue weighted by molar-refractivity contribution is -0.120. The van der Waals surface area contributed by atoms with Crippen LogP contribution in [0.15, 0.2) is 18.2 Å². The molecule has 1 unspecified atom stereocenters. The first-order valence-corrected chi connectivity index (χ1v) is 5.78. The van der Waals surface area contributed by atoms with Gasteiger partial charge >= 0.3 is 0 Å². The minimum atomic E-state index is -0.527. The molecule has 1 aromatic carbocycles. The summed E-state index contributed by atoms with van der Waals surface area (Å²) >= 11 is 0. The summed E-state index contributed by atoms with van der Waals surface area (Å²) in [5.74, 6) is 0.372. The third-order valence-corrected chi connectivity index (χ3v) is 3.68. The summed E-state index contributed by atoms with van der Waals surface area (Å²) < 4.78 is 0. The van der Waals surface area contributed by atoms with Gasteiger partial charge in [-0.2, -0.15) is 5.26 Å². The number of nitrogens with one attached hydrogen (secondary N) is 2. The summed E-state index contributed by atoms with van der Waals surface area (Å²) in [4.78, 5) is 12.1. The lowest BCUT2D eigenvalue weighted by atomic mass is 9.91. The Labute approximate surface area is 99.6 Å². The normalized spacial score (nSPS) is 26.5. The van der Waals surface area contributed by atoms with Gasteiger partial charge < -0.3 is 10.6 Å². The highest BCUT2D eigenvalue weighted by atomic mass is 16.2. The van der Waals surface area contributed by atoms with Crippen molar-refractivity contribution in [2.75, 3.05) is 10.6 Å². The number of benzene rings is 1. The number of carbonyl (C=O) groups is 1. The fourth-order valence-electron chi connectivity index (χ4n) is 2.41. The molecule has 4 heteroatoms. The molecule has 2 aliphatic rings. The Morgan fingerprint density at radius 2 is 2.24 bits per heavy atom. The first-order chi connectivity index (χ1) is 8.15. The number of hydrogen-bond acceptors (Lipinski definition) is 3. The highest BCUT2D eigenvalue weighted by Crippen LogP contribution is 2.45. The summed E-state index contributed by atoms with van der Waals surface area (Å²) in [6.45, 7) is 1.93. The predicted molar refractivity (Wildman–Crippen MR) is 64.5 cm³/mol. The fourth-order valence-corrected chi connectivity index (χ4v) is 2.41. The van der Waals surface area contributed by atoms with Crippen LogP contribution in [-0.2, 0) is 4.79 Å². The molecule has 1 aromatic rings. The molecule has 1 amide bonds. The number of amides is 1. The quantitative estimate of drug-likeness (QED) is 0.772. The molecule has 1 saturated carbocycles. The van der Waals surface area contributed by atoms with Crippen LogP contribution in [0.25, 0.3) is 0 Å². The molecule has 17 heavy (non-hydrogen) atoms. The molecule has 0 radical (unpaired) electrons. The highest BCUT2D eigenvalue weighted by molar-refractivity contribution is 6.07. The standard InChI is InChI=1S/C13H13N3O/c1-13(9-5-6-9)12(17)15-11-8(7-14)3-2-4-10(11)16-13/h2-4,9,16H,5-6H2,1H3,(H,15,17). The number of fused-ring (bicyclic) bond motifs is 1. The molecule has 1 aliphatic carbocycles. The molecule has 0 saturated heterocycles. The van der Waals surface area contributed by atoms with Crippen LogP contribution < -0.4 is 10.6 Å². The van der Waals surface area contributed by atoms with Crippen LogP contribution >= 0.6 is 0 Å². The molecule has 1 aliphatic heterocycles. The van der Waals surface area contributed by atoms with Crippen LogP contribution in [0.2, 0.25) is 0 Å². The predicted octanol–water partition coefficient (Wildman–Crippen LogP) is 2.09. The van der Waals surface area contributed by atoms with Gasteiger partial charge in [0.15, 0.2) is 0 Å². The Hall–Kier alpha value is -2.02. The topological polar surface area (TPSA) is 64.9 Å². The van der Waals surface area contributed by atoms with E-state index in [1.165, 1.54) is 0 Å². The number of rotatable bonds is 1. The Morgan fingerprint density at radius 3 is 2.88 bits per heavy atom. The van der Waals surface area contributed by atoms with E-state index in [9.17, 15) is 4.79 Å². The van der Waals surface area contributed by atoms with Gasteiger partial charge in [0.05, 0.1) is 16.9 Å². The lowest BCUT2D eigenvalue weighted by Gasteiger charge is -2.36. The van der Waals surface area contributed by atoms with Crippen LogP contribution in [0.5, 0.6) is 0 Å². The van der Waals surface area contributed by atoms with Crippen molar-refractivity contribution in [3.05, 3.63) is 23.8 Å². The number of para-hydroxylation sites is 1. The largest absolute Gasteiger partial charge is 0.369 e. The van der Waals surface area contributed by atoms with E-state index in [-0.39, 0.29) is 5.91 Å². The summed E-state index contributed by atoms with van der Waals surface area (Å²) in [7, 11) is 0. The van der Waals surface area contributed by atoms with E-state index in [1.54, 1.807) is 6.07 Å². The second-order valence-corrected chi connectivity index (χ2v) is 4.90. The van der Waals surface area contributed by atoms with Crippen LogP contribution in [0, 0.1) is 17.2 Å². The molecular weight excluding hydrogens is 214 g/mol. The van der Waals surface area contributed by atoms with E-state index < -0.39 is 5.54 Å². The summed E-state index contributed by atoms with van der Waals surface area (Å²) in [6, 6.07) is 7.53. The zero-order valence-corrected chi connectivity index (χ0v) is 9.58. The molecule has 0 aromatic heterocycles. The fraction of sp³-hybridized carbons (Fsp3) is 0.385. The third-order valence-electron chi connectivity index (χ3n) is 3.68. The van der Waals surface area contributed by atoms with Crippen LogP contribution in [-0.4, -0.2) is 11.4 Å². The minimum Gasteiger partial charge on any atom is -0.369 e. The van der Waals surface area contributed by atoms with Crippen LogP contribution in [0.4, 0.5) is 11.4 Å². The van der Waals surface area contributed by atoms with E-state index in [0.29, 0.717) is 17.2 Å². The molecule has 1 atom stereocenters. The van der Waals surface area contributed by atoms with Gasteiger partial charge in [-0.1, -0.05) is 6.07 Å². The van der Waals surface area contributed by atoms with Crippen LogP contribution in [0.3, 0.4) is 0 Å². The Bertz CT molecular complexity index is 542. The van der Waals surface area contributed by atoms with Crippen molar-refractivity contribution in [1.29, 1.82) is 5.26 Å². The number of hydrogen-bond donors (Lipinski definition) is 2. The third kappa shape index (κ3) is 1.39. The van der Waals surface area contributed by atoms with Gasteiger partial charge in [-0.05, 0) is 37.8 Å². The SMILES string of the molecule is CC1(C2CC2)Nc2cccc(C#N)c2NC1=O. The van der Waals surface area contributed by atoms with E-state index in [2.05, 4.69) is 16.7 Å². The van der Waals surface area contributed by atoms with Crippen molar-refractivity contribution in [3.63, 3.8) is 0 Å². The zero-order valence-electron chi connectivity index (χ0n) is 9.58. The van der Waals surface area contributed by atoms with Crippen molar-refractivity contribution in [3.8, 4) is 6.07 Å². The van der Waals surface area contributed by atoms with E-state index >= 15 is 0 Å². The van der Waals surface area contributed by atoms with E-state index in [4.69, 9.17) is 5.26 Å². The van der Waals surface area contributed by atoms with Crippen molar-refractivity contribution < 1.29 is 4.79 Å². The number of nitriles is 1. The van der Waals surface area contributed by atoms with Gasteiger partial charge in [0, 0.05) is 0 Å². The smallest absolute Gasteiger partial charge is 0.250 e. The second kappa shape index (κ2) is 3.24. The maximum absolute atomic E-state index is 12.1. The van der Waals surface area contributed by atoms with Crippen molar-refractivity contribution in [2.24, 2.45) is 5.92 Å². The van der Waals surface area contributed by atoms with Crippen molar-refractivity contribution in [1.82, 2.24) is 0 Å². The molecule has 4 nitrogen and oxygen atoms in total. The van der Waals surface area contributed by atoms with Gasteiger partial charge in [-0.3, -0.25) is 4.79 Å². The second-order valence-electron chi connectivity index (χ2n) is 4.90. The lowest BCUT2D eigenvalue weighted by Crippen LogP contribution is -2.52. The molecule has 86 valence electrons. The Kier molecular flexibility index (Phi) is 1.93. The molecule has 1 fully saturated rings.